The van der Waals surface area contributed by atoms with Crippen molar-refractivity contribution in [3.8, 4) is 0 Å². The molecule has 1 aromatic heterocycles. The van der Waals surface area contributed by atoms with E-state index < -0.39 is 0 Å². The molecule has 0 unspecified atom stereocenters. The summed E-state index contributed by atoms with van der Waals surface area (Å²) in [6, 6.07) is 7.94. The highest BCUT2D eigenvalue weighted by Gasteiger charge is 2.03. The van der Waals surface area contributed by atoms with E-state index in [-0.39, 0.29) is 0 Å². The van der Waals surface area contributed by atoms with Gasteiger partial charge in [-0.25, -0.2) is 4.98 Å². The molecule has 0 aliphatic heterocycles. The molecular weight excluding hydrogens is 252 g/mol. The van der Waals surface area contributed by atoms with Crippen LogP contribution in [0.3, 0.4) is 0 Å². The van der Waals surface area contributed by atoms with E-state index in [0.29, 0.717) is 0 Å². The van der Waals surface area contributed by atoms with Gasteiger partial charge in [-0.1, -0.05) is 30.7 Å². The van der Waals surface area contributed by atoms with E-state index in [4.69, 9.17) is 11.6 Å². The van der Waals surface area contributed by atoms with Gasteiger partial charge in [-0.15, -0.1) is 11.3 Å². The van der Waals surface area contributed by atoms with Crippen LogP contribution in [0, 0.1) is 0 Å². The Hall–Kier alpha value is -0.900. The van der Waals surface area contributed by atoms with Crippen molar-refractivity contribution >= 4 is 22.9 Å². The third-order valence-electron chi connectivity index (χ3n) is 2.40. The Kier molecular flexibility index (Phi) is 4.54. The fraction of sp³-hybridized carbons (Fsp3) is 0.308. The van der Waals surface area contributed by atoms with Gasteiger partial charge >= 0.3 is 0 Å². The van der Waals surface area contributed by atoms with Gasteiger partial charge in [0.05, 0.1) is 5.01 Å². The minimum absolute atomic E-state index is 0.784. The van der Waals surface area contributed by atoms with Crippen molar-refractivity contribution in [1.29, 1.82) is 0 Å². The molecule has 2 nitrogen and oxygen atoms in total. The molecule has 17 heavy (non-hydrogen) atoms. The number of nitrogens with zero attached hydrogens (tertiary/aromatic N) is 1. The maximum absolute atomic E-state index is 5.96. The predicted octanol–water partition coefficient (Wildman–Crippen LogP) is 3.50. The van der Waals surface area contributed by atoms with Crippen LogP contribution in [0.2, 0.25) is 5.02 Å². The number of rotatable bonds is 5. The number of benzene rings is 1. The van der Waals surface area contributed by atoms with Gasteiger partial charge in [-0.3, -0.25) is 0 Å². The van der Waals surface area contributed by atoms with E-state index in [9.17, 15) is 0 Å². The van der Waals surface area contributed by atoms with Crippen LogP contribution in [0.15, 0.2) is 30.5 Å². The zero-order valence-electron chi connectivity index (χ0n) is 9.74. The Labute approximate surface area is 111 Å². The van der Waals surface area contributed by atoms with Crippen LogP contribution in [0.25, 0.3) is 0 Å². The quantitative estimate of drug-likeness (QED) is 0.896. The highest BCUT2D eigenvalue weighted by Crippen LogP contribution is 2.18. The van der Waals surface area contributed by atoms with Crippen molar-refractivity contribution in [2.75, 3.05) is 6.54 Å². The largest absolute Gasteiger partial charge is 0.312 e. The van der Waals surface area contributed by atoms with Gasteiger partial charge in [0.1, 0.15) is 0 Å². The third-order valence-corrected chi connectivity index (χ3v) is 3.63. The summed E-state index contributed by atoms with van der Waals surface area (Å²) in [5.74, 6) is 0. The predicted molar refractivity (Wildman–Crippen MR) is 73.8 cm³/mol. The SMILES string of the molecule is CCNCc1cnc(Cc2cccc(Cl)c2)s1. The molecule has 0 saturated carbocycles. The van der Waals surface area contributed by atoms with Crippen LogP contribution in [-0.2, 0) is 13.0 Å². The van der Waals surface area contributed by atoms with Gasteiger partial charge in [0, 0.05) is 29.1 Å². The summed E-state index contributed by atoms with van der Waals surface area (Å²) in [5, 5.41) is 5.22. The average Bonchev–Trinajstić information content (AvgIpc) is 2.74. The van der Waals surface area contributed by atoms with Gasteiger partial charge in [-0.05, 0) is 24.2 Å². The highest BCUT2D eigenvalue weighted by molar-refractivity contribution is 7.11. The zero-order valence-corrected chi connectivity index (χ0v) is 11.3. The number of hydrogen-bond acceptors (Lipinski definition) is 3. The fourth-order valence-electron chi connectivity index (χ4n) is 1.58. The second-order valence-electron chi connectivity index (χ2n) is 3.81. The van der Waals surface area contributed by atoms with Gasteiger partial charge in [-0.2, -0.15) is 0 Å². The second kappa shape index (κ2) is 6.15. The normalized spacial score (nSPS) is 10.7. The lowest BCUT2D eigenvalue weighted by atomic mass is 10.2. The van der Waals surface area contributed by atoms with E-state index in [1.54, 1.807) is 11.3 Å². The molecule has 0 radical (unpaired) electrons. The Morgan fingerprint density at radius 3 is 3.06 bits per heavy atom. The topological polar surface area (TPSA) is 24.9 Å². The molecule has 0 amide bonds. The first-order valence-electron chi connectivity index (χ1n) is 5.66. The summed E-state index contributed by atoms with van der Waals surface area (Å²) >= 11 is 7.71. The van der Waals surface area contributed by atoms with Crippen LogP contribution in [0.1, 0.15) is 22.4 Å². The first-order chi connectivity index (χ1) is 8.28. The highest BCUT2D eigenvalue weighted by atomic mass is 35.5. The second-order valence-corrected chi connectivity index (χ2v) is 5.44. The van der Waals surface area contributed by atoms with Gasteiger partial charge in [0.15, 0.2) is 0 Å². The van der Waals surface area contributed by atoms with Crippen LogP contribution in [-0.4, -0.2) is 11.5 Å². The molecule has 0 aliphatic rings. The van der Waals surface area contributed by atoms with E-state index >= 15 is 0 Å². The lowest BCUT2D eigenvalue weighted by molar-refractivity contribution is 0.734. The van der Waals surface area contributed by atoms with Gasteiger partial charge < -0.3 is 5.32 Å². The molecule has 1 aromatic carbocycles. The number of nitrogens with one attached hydrogen (secondary N) is 1. The molecule has 4 heteroatoms. The van der Waals surface area contributed by atoms with Gasteiger partial charge in [0.2, 0.25) is 0 Å². The van der Waals surface area contributed by atoms with E-state index in [2.05, 4.69) is 23.3 Å². The zero-order chi connectivity index (χ0) is 12.1. The molecule has 0 fully saturated rings. The number of thiazole rings is 1. The molecule has 0 atom stereocenters. The molecule has 0 bridgehead atoms. The maximum atomic E-state index is 5.96. The van der Waals surface area contributed by atoms with E-state index in [0.717, 1.165) is 29.5 Å². The number of halogens is 1. The minimum Gasteiger partial charge on any atom is -0.312 e. The Morgan fingerprint density at radius 2 is 2.29 bits per heavy atom. The molecule has 0 spiro atoms. The van der Waals surface area contributed by atoms with Crippen LogP contribution in [0.4, 0.5) is 0 Å². The number of aromatic nitrogens is 1. The Balaban J connectivity index is 2.01. The van der Waals surface area contributed by atoms with E-state index in [1.165, 1.54) is 10.4 Å². The summed E-state index contributed by atoms with van der Waals surface area (Å²) < 4.78 is 0. The lowest BCUT2D eigenvalue weighted by Gasteiger charge is -1.98. The average molecular weight is 267 g/mol. The Bertz CT molecular complexity index is 482. The van der Waals surface area contributed by atoms with Crippen LogP contribution < -0.4 is 5.32 Å². The fourth-order valence-corrected chi connectivity index (χ4v) is 2.72. The Morgan fingerprint density at radius 1 is 1.41 bits per heavy atom. The molecule has 1 heterocycles. The third kappa shape index (κ3) is 3.80. The smallest absolute Gasteiger partial charge is 0.0972 e. The molecule has 2 aromatic rings. The van der Waals surface area contributed by atoms with Crippen molar-refractivity contribution < 1.29 is 0 Å². The molecule has 0 aliphatic carbocycles. The van der Waals surface area contributed by atoms with Crippen molar-refractivity contribution in [3.05, 3.63) is 50.9 Å². The first kappa shape index (κ1) is 12.6. The van der Waals surface area contributed by atoms with Crippen LogP contribution in [0.5, 0.6) is 0 Å². The number of hydrogen-bond donors (Lipinski definition) is 1. The summed E-state index contributed by atoms with van der Waals surface area (Å²) in [6.45, 7) is 4.00. The van der Waals surface area contributed by atoms with E-state index in [1.807, 2.05) is 24.4 Å². The minimum atomic E-state index is 0.784. The summed E-state index contributed by atoms with van der Waals surface area (Å²) in [6.07, 6.45) is 2.81. The standard InChI is InChI=1S/C13H15ClN2S/c1-2-15-8-12-9-16-13(17-12)7-10-4-3-5-11(14)6-10/h3-6,9,15H,2,7-8H2,1H3. The monoisotopic (exact) mass is 266 g/mol. The van der Waals surface area contributed by atoms with Crippen molar-refractivity contribution in [2.24, 2.45) is 0 Å². The van der Waals surface area contributed by atoms with Crippen molar-refractivity contribution in [3.63, 3.8) is 0 Å². The molecule has 90 valence electrons. The van der Waals surface area contributed by atoms with Crippen LogP contribution >= 0.6 is 22.9 Å². The van der Waals surface area contributed by atoms with Gasteiger partial charge in [0.25, 0.3) is 0 Å². The molecule has 2 rings (SSSR count). The molecule has 1 N–H and O–H groups in total. The molecule has 0 saturated heterocycles. The maximum Gasteiger partial charge on any atom is 0.0972 e. The lowest BCUT2D eigenvalue weighted by Crippen LogP contribution is -2.10. The summed E-state index contributed by atoms with van der Waals surface area (Å²) in [7, 11) is 0. The van der Waals surface area contributed by atoms with Crippen molar-refractivity contribution in [1.82, 2.24) is 10.3 Å². The molecular formula is C13H15ClN2S. The first-order valence-corrected chi connectivity index (χ1v) is 6.86. The summed E-state index contributed by atoms with van der Waals surface area (Å²) in [4.78, 5) is 5.71. The summed E-state index contributed by atoms with van der Waals surface area (Å²) in [5.41, 5.74) is 1.21. The van der Waals surface area contributed by atoms with Crippen molar-refractivity contribution in [2.45, 2.75) is 19.9 Å².